The van der Waals surface area contributed by atoms with E-state index in [0.29, 0.717) is 24.3 Å². The molecule has 3 N–H and O–H groups in total. The maximum absolute atomic E-state index is 12.6. The Morgan fingerprint density at radius 3 is 2.26 bits per heavy atom. The van der Waals surface area contributed by atoms with Crippen molar-refractivity contribution in [1.29, 1.82) is 0 Å². The number of likely N-dealkylation sites (tertiary alicyclic amines) is 1. The van der Waals surface area contributed by atoms with E-state index < -0.39 is 0 Å². The van der Waals surface area contributed by atoms with Gasteiger partial charge in [0.15, 0.2) is 6.54 Å². The summed E-state index contributed by atoms with van der Waals surface area (Å²) in [7, 11) is 0. The summed E-state index contributed by atoms with van der Waals surface area (Å²) >= 11 is 0. The third-order valence-electron chi connectivity index (χ3n) is 4.96. The summed E-state index contributed by atoms with van der Waals surface area (Å²) in [5.74, 6) is -0.216. The second-order valence-electron chi connectivity index (χ2n) is 7.10. The molecule has 0 bridgehead atoms. The molecule has 0 aromatic heterocycles. The first kappa shape index (κ1) is 19.1. The molecular weight excluding hydrogens is 338 g/mol. The average Bonchev–Trinajstić information content (AvgIpc) is 2.96. The van der Waals surface area contributed by atoms with E-state index in [0.717, 1.165) is 18.7 Å². The zero-order valence-corrected chi connectivity index (χ0v) is 15.7. The number of anilines is 1. The van der Waals surface area contributed by atoms with E-state index in [1.807, 2.05) is 42.5 Å². The van der Waals surface area contributed by atoms with Crippen LogP contribution in [0.4, 0.5) is 5.69 Å². The molecule has 2 aromatic rings. The predicted octanol–water partition coefficient (Wildman–Crippen LogP) is 2.01. The van der Waals surface area contributed by atoms with Crippen LogP contribution < -0.4 is 15.5 Å². The minimum absolute atomic E-state index is 0.0322. The SMILES string of the molecule is O=C(C[NH+]1CCCCCC1)Nc1ccccc1C(=O)NCc1ccccc1. The number of rotatable bonds is 6. The lowest BCUT2D eigenvalue weighted by molar-refractivity contribution is -0.890. The van der Waals surface area contributed by atoms with Gasteiger partial charge in [-0.2, -0.15) is 0 Å². The fourth-order valence-corrected chi connectivity index (χ4v) is 3.49. The second-order valence-corrected chi connectivity index (χ2v) is 7.10. The maximum Gasteiger partial charge on any atom is 0.279 e. The molecule has 0 spiro atoms. The molecule has 1 aliphatic rings. The molecule has 1 fully saturated rings. The molecule has 27 heavy (non-hydrogen) atoms. The van der Waals surface area contributed by atoms with E-state index in [1.54, 1.807) is 12.1 Å². The molecule has 0 atom stereocenters. The van der Waals surface area contributed by atoms with Crippen LogP contribution in [0.25, 0.3) is 0 Å². The summed E-state index contributed by atoms with van der Waals surface area (Å²) in [6.45, 7) is 3.01. The Balaban J connectivity index is 1.59. The van der Waals surface area contributed by atoms with Gasteiger partial charge in [-0.15, -0.1) is 0 Å². The number of amides is 2. The third kappa shape index (κ3) is 5.93. The summed E-state index contributed by atoms with van der Waals surface area (Å²) in [4.78, 5) is 26.4. The summed E-state index contributed by atoms with van der Waals surface area (Å²) in [6, 6.07) is 17.0. The first-order chi connectivity index (χ1) is 13.2. The number of para-hydroxylation sites is 1. The highest BCUT2D eigenvalue weighted by atomic mass is 16.2. The van der Waals surface area contributed by atoms with E-state index >= 15 is 0 Å². The van der Waals surface area contributed by atoms with E-state index in [1.165, 1.54) is 30.6 Å². The molecule has 0 unspecified atom stereocenters. The fourth-order valence-electron chi connectivity index (χ4n) is 3.49. The Labute approximate surface area is 160 Å². The van der Waals surface area contributed by atoms with Gasteiger partial charge < -0.3 is 15.5 Å². The number of hydrogen-bond acceptors (Lipinski definition) is 2. The lowest BCUT2D eigenvalue weighted by Crippen LogP contribution is -3.12. The van der Waals surface area contributed by atoms with Crippen molar-refractivity contribution in [2.45, 2.75) is 32.2 Å². The molecule has 0 saturated carbocycles. The van der Waals surface area contributed by atoms with Crippen LogP contribution in [0.1, 0.15) is 41.6 Å². The van der Waals surface area contributed by atoms with Gasteiger partial charge in [0.25, 0.3) is 11.8 Å². The average molecular weight is 366 g/mol. The number of hydrogen-bond donors (Lipinski definition) is 3. The van der Waals surface area contributed by atoms with Crippen LogP contribution in [0, 0.1) is 0 Å². The Kier molecular flexibility index (Phi) is 6.99. The summed E-state index contributed by atoms with van der Waals surface area (Å²) in [6.07, 6.45) is 4.88. The van der Waals surface area contributed by atoms with Crippen LogP contribution in [0.3, 0.4) is 0 Å². The highest BCUT2D eigenvalue weighted by Crippen LogP contribution is 2.15. The van der Waals surface area contributed by atoms with Crippen LogP contribution in [0.15, 0.2) is 54.6 Å². The topological polar surface area (TPSA) is 62.6 Å². The predicted molar refractivity (Wildman–Crippen MR) is 107 cm³/mol. The zero-order chi connectivity index (χ0) is 18.9. The molecule has 0 aliphatic carbocycles. The fraction of sp³-hybridized carbons (Fsp3) is 0.364. The van der Waals surface area contributed by atoms with Crippen molar-refractivity contribution in [2.24, 2.45) is 0 Å². The van der Waals surface area contributed by atoms with Crippen LogP contribution in [-0.2, 0) is 11.3 Å². The second kappa shape index (κ2) is 9.88. The van der Waals surface area contributed by atoms with Gasteiger partial charge in [0.2, 0.25) is 0 Å². The molecule has 5 heteroatoms. The van der Waals surface area contributed by atoms with E-state index in [-0.39, 0.29) is 11.8 Å². The molecule has 0 radical (unpaired) electrons. The van der Waals surface area contributed by atoms with Crippen LogP contribution >= 0.6 is 0 Å². The van der Waals surface area contributed by atoms with Crippen molar-refractivity contribution >= 4 is 17.5 Å². The third-order valence-corrected chi connectivity index (χ3v) is 4.96. The maximum atomic E-state index is 12.6. The molecule has 1 heterocycles. The minimum Gasteiger partial charge on any atom is -0.348 e. The van der Waals surface area contributed by atoms with Gasteiger partial charge in [-0.25, -0.2) is 0 Å². The Morgan fingerprint density at radius 1 is 0.852 bits per heavy atom. The van der Waals surface area contributed by atoms with Gasteiger partial charge in [0.05, 0.1) is 24.3 Å². The number of nitrogens with one attached hydrogen (secondary N) is 3. The summed E-state index contributed by atoms with van der Waals surface area (Å²) in [5.41, 5.74) is 2.10. The Hall–Kier alpha value is -2.66. The van der Waals surface area contributed by atoms with Gasteiger partial charge in [-0.1, -0.05) is 42.5 Å². The molecule has 1 saturated heterocycles. The van der Waals surface area contributed by atoms with E-state index in [2.05, 4.69) is 10.6 Å². The van der Waals surface area contributed by atoms with E-state index in [4.69, 9.17) is 0 Å². The van der Waals surface area contributed by atoms with Crippen molar-refractivity contribution < 1.29 is 14.5 Å². The van der Waals surface area contributed by atoms with Crippen molar-refractivity contribution in [2.75, 3.05) is 25.0 Å². The van der Waals surface area contributed by atoms with E-state index in [9.17, 15) is 9.59 Å². The van der Waals surface area contributed by atoms with Crippen LogP contribution in [0.2, 0.25) is 0 Å². The molecule has 5 nitrogen and oxygen atoms in total. The van der Waals surface area contributed by atoms with Gasteiger partial charge in [0.1, 0.15) is 0 Å². The number of benzene rings is 2. The lowest BCUT2D eigenvalue weighted by atomic mass is 10.1. The van der Waals surface area contributed by atoms with Gasteiger partial charge in [0, 0.05) is 6.54 Å². The molecule has 3 rings (SSSR count). The standard InChI is InChI=1S/C22H27N3O2/c26-21(17-25-14-8-1-2-9-15-25)24-20-13-7-6-12-19(20)22(27)23-16-18-10-4-3-5-11-18/h3-7,10-13H,1-2,8-9,14-17H2,(H,23,27)(H,24,26)/p+1. The Morgan fingerprint density at radius 2 is 1.52 bits per heavy atom. The molecule has 1 aliphatic heterocycles. The van der Waals surface area contributed by atoms with Crippen molar-refractivity contribution in [3.8, 4) is 0 Å². The van der Waals surface area contributed by atoms with Crippen molar-refractivity contribution in [3.63, 3.8) is 0 Å². The number of quaternary nitrogens is 1. The highest BCUT2D eigenvalue weighted by Gasteiger charge is 2.18. The van der Waals surface area contributed by atoms with Gasteiger partial charge >= 0.3 is 0 Å². The number of carbonyl (C=O) groups excluding carboxylic acids is 2. The van der Waals surface area contributed by atoms with Crippen LogP contribution in [-0.4, -0.2) is 31.4 Å². The van der Waals surface area contributed by atoms with Crippen molar-refractivity contribution in [1.82, 2.24) is 5.32 Å². The van der Waals surface area contributed by atoms with Crippen LogP contribution in [0.5, 0.6) is 0 Å². The quantitative estimate of drug-likeness (QED) is 0.732. The molecule has 142 valence electrons. The molecule has 2 amide bonds. The molecule has 2 aromatic carbocycles. The van der Waals surface area contributed by atoms with Gasteiger partial charge in [-0.05, 0) is 43.4 Å². The smallest absolute Gasteiger partial charge is 0.279 e. The Bertz CT molecular complexity index is 753. The van der Waals surface area contributed by atoms with Gasteiger partial charge in [-0.3, -0.25) is 9.59 Å². The lowest BCUT2D eigenvalue weighted by Gasteiger charge is -2.17. The molecular formula is C22H28N3O2+. The first-order valence-corrected chi connectivity index (χ1v) is 9.77. The van der Waals surface area contributed by atoms with Crippen molar-refractivity contribution in [3.05, 3.63) is 65.7 Å². The number of carbonyl (C=O) groups is 2. The largest absolute Gasteiger partial charge is 0.348 e. The monoisotopic (exact) mass is 366 g/mol. The summed E-state index contributed by atoms with van der Waals surface area (Å²) in [5, 5.41) is 5.86. The summed E-state index contributed by atoms with van der Waals surface area (Å²) < 4.78 is 0. The normalized spacial score (nSPS) is 15.0. The zero-order valence-electron chi connectivity index (χ0n) is 15.7. The minimum atomic E-state index is -0.183. The first-order valence-electron chi connectivity index (χ1n) is 9.77. The highest BCUT2D eigenvalue weighted by molar-refractivity contribution is 6.03.